The number of cyclic esters (lactones) is 1. The van der Waals surface area contributed by atoms with E-state index in [1.54, 1.807) is 23.1 Å². The predicted octanol–water partition coefficient (Wildman–Crippen LogP) is 3.13. The van der Waals surface area contributed by atoms with Crippen LogP contribution in [-0.4, -0.2) is 58.1 Å². The molecule has 5 rings (SSSR count). The first kappa shape index (κ1) is 21.1. The van der Waals surface area contributed by atoms with E-state index in [0.29, 0.717) is 38.3 Å². The molecule has 0 bridgehead atoms. The average molecular weight is 458 g/mol. The van der Waals surface area contributed by atoms with Crippen molar-refractivity contribution < 1.29 is 22.7 Å². The van der Waals surface area contributed by atoms with E-state index in [-0.39, 0.29) is 23.6 Å². The second-order valence-electron chi connectivity index (χ2n) is 8.59. The standard InChI is InChI=1S/C23H27N3O5S/c1-16-3-5-20-17(13-16)15-31-23(27)26(20)18-7-9-25(10-8-18)32(28,29)19-4-6-21-22(14-19)30-12-11-24(21)2/h3-6,13-14,18H,7-12,15H2,1-2H3. The van der Waals surface area contributed by atoms with Gasteiger partial charge in [0.05, 0.1) is 22.8 Å². The molecule has 0 N–H and O–H groups in total. The molecule has 0 aliphatic carbocycles. The molecule has 1 amide bonds. The minimum absolute atomic E-state index is 0.101. The Morgan fingerprint density at radius 1 is 0.969 bits per heavy atom. The molecule has 1 saturated heterocycles. The fourth-order valence-corrected chi connectivity index (χ4v) is 6.19. The van der Waals surface area contributed by atoms with E-state index in [9.17, 15) is 13.2 Å². The number of hydrogen-bond acceptors (Lipinski definition) is 6. The number of sulfonamides is 1. The number of carbonyl (C=O) groups excluding carboxylic acids is 1. The van der Waals surface area contributed by atoms with Crippen molar-refractivity contribution in [2.75, 3.05) is 43.1 Å². The molecular weight excluding hydrogens is 430 g/mol. The van der Waals surface area contributed by atoms with Crippen molar-refractivity contribution >= 4 is 27.5 Å². The molecule has 0 spiro atoms. The van der Waals surface area contributed by atoms with Gasteiger partial charge < -0.3 is 14.4 Å². The molecular formula is C23H27N3O5S. The molecule has 2 aromatic rings. The van der Waals surface area contributed by atoms with Crippen LogP contribution in [0.25, 0.3) is 0 Å². The lowest BCUT2D eigenvalue weighted by Gasteiger charge is -2.40. The fraction of sp³-hybridized carbons (Fsp3) is 0.435. The summed E-state index contributed by atoms with van der Waals surface area (Å²) < 4.78 is 39.2. The van der Waals surface area contributed by atoms with Crippen molar-refractivity contribution in [1.82, 2.24) is 4.31 Å². The van der Waals surface area contributed by atoms with Crippen LogP contribution in [0, 0.1) is 6.92 Å². The maximum absolute atomic E-state index is 13.3. The van der Waals surface area contributed by atoms with Crippen molar-refractivity contribution in [2.24, 2.45) is 0 Å². The van der Waals surface area contributed by atoms with Crippen molar-refractivity contribution in [1.29, 1.82) is 0 Å². The summed E-state index contributed by atoms with van der Waals surface area (Å²) in [5.74, 6) is 0.595. The Morgan fingerprint density at radius 3 is 2.50 bits per heavy atom. The number of aryl methyl sites for hydroxylation is 1. The fourth-order valence-electron chi connectivity index (χ4n) is 4.71. The Morgan fingerprint density at radius 2 is 1.72 bits per heavy atom. The first-order valence-electron chi connectivity index (χ1n) is 10.9. The van der Waals surface area contributed by atoms with E-state index in [4.69, 9.17) is 9.47 Å². The second-order valence-corrected chi connectivity index (χ2v) is 10.5. The van der Waals surface area contributed by atoms with E-state index in [1.807, 2.05) is 32.2 Å². The zero-order valence-corrected chi connectivity index (χ0v) is 19.1. The second kappa shape index (κ2) is 7.97. The van der Waals surface area contributed by atoms with Crippen LogP contribution in [-0.2, 0) is 21.4 Å². The predicted molar refractivity (Wildman–Crippen MR) is 121 cm³/mol. The topological polar surface area (TPSA) is 79.4 Å². The molecule has 170 valence electrons. The average Bonchev–Trinajstić information content (AvgIpc) is 2.79. The lowest BCUT2D eigenvalue weighted by molar-refractivity contribution is 0.135. The van der Waals surface area contributed by atoms with Gasteiger partial charge in [-0.1, -0.05) is 17.7 Å². The van der Waals surface area contributed by atoms with Crippen molar-refractivity contribution in [3.05, 3.63) is 47.5 Å². The van der Waals surface area contributed by atoms with Crippen LogP contribution in [0.1, 0.15) is 24.0 Å². The number of anilines is 2. The largest absolute Gasteiger partial charge is 0.490 e. The number of amides is 1. The third-order valence-electron chi connectivity index (χ3n) is 6.50. The summed E-state index contributed by atoms with van der Waals surface area (Å²) in [4.78, 5) is 16.5. The Hall–Kier alpha value is -2.78. The van der Waals surface area contributed by atoms with Gasteiger partial charge in [0.2, 0.25) is 10.0 Å². The lowest BCUT2D eigenvalue weighted by Crippen LogP contribution is -2.50. The smallest absolute Gasteiger partial charge is 0.414 e. The molecule has 8 nitrogen and oxygen atoms in total. The molecule has 0 aromatic heterocycles. The highest BCUT2D eigenvalue weighted by Gasteiger charge is 2.37. The Kier molecular flexibility index (Phi) is 5.25. The van der Waals surface area contributed by atoms with Crippen LogP contribution in [0.15, 0.2) is 41.3 Å². The maximum atomic E-state index is 13.3. The number of hydrogen-bond donors (Lipinski definition) is 0. The number of rotatable bonds is 3. The zero-order valence-electron chi connectivity index (χ0n) is 18.3. The Labute approximate surface area is 188 Å². The van der Waals surface area contributed by atoms with E-state index >= 15 is 0 Å². The summed E-state index contributed by atoms with van der Waals surface area (Å²) in [6.45, 7) is 4.27. The van der Waals surface area contributed by atoms with Crippen LogP contribution in [0.4, 0.5) is 16.2 Å². The lowest BCUT2D eigenvalue weighted by atomic mass is 10.0. The van der Waals surface area contributed by atoms with E-state index < -0.39 is 10.0 Å². The van der Waals surface area contributed by atoms with Crippen molar-refractivity contribution in [2.45, 2.75) is 37.3 Å². The van der Waals surface area contributed by atoms with Crippen LogP contribution < -0.4 is 14.5 Å². The molecule has 2 aromatic carbocycles. The zero-order chi connectivity index (χ0) is 22.5. The highest BCUT2D eigenvalue weighted by atomic mass is 32.2. The summed E-state index contributed by atoms with van der Waals surface area (Å²) in [5, 5.41) is 0. The minimum atomic E-state index is -3.65. The van der Waals surface area contributed by atoms with Crippen LogP contribution in [0.5, 0.6) is 5.75 Å². The van der Waals surface area contributed by atoms with Gasteiger partial charge in [-0.25, -0.2) is 13.2 Å². The molecule has 0 atom stereocenters. The van der Waals surface area contributed by atoms with Gasteiger partial charge in [-0.15, -0.1) is 0 Å². The molecule has 32 heavy (non-hydrogen) atoms. The van der Waals surface area contributed by atoms with Crippen LogP contribution in [0.3, 0.4) is 0 Å². The quantitative estimate of drug-likeness (QED) is 0.705. The van der Waals surface area contributed by atoms with Gasteiger partial charge in [0.15, 0.2) is 0 Å². The van der Waals surface area contributed by atoms with Gasteiger partial charge in [-0.05, 0) is 38.0 Å². The number of ether oxygens (including phenoxy) is 2. The third-order valence-corrected chi connectivity index (χ3v) is 8.39. The highest BCUT2D eigenvalue weighted by Crippen LogP contribution is 2.36. The number of nitrogens with zero attached hydrogens (tertiary/aromatic N) is 3. The SMILES string of the molecule is Cc1ccc2c(c1)COC(=O)N2C1CCN(S(=O)(=O)c2ccc3c(c2)OCCN3C)CC1. The molecule has 1 fully saturated rings. The normalized spacial score (nSPS) is 19.8. The Balaban J connectivity index is 1.33. The number of piperidine rings is 1. The van der Waals surface area contributed by atoms with Gasteiger partial charge in [0.1, 0.15) is 19.0 Å². The molecule has 3 heterocycles. The number of fused-ring (bicyclic) bond motifs is 2. The monoisotopic (exact) mass is 457 g/mol. The van der Waals surface area contributed by atoms with E-state index in [1.165, 1.54) is 4.31 Å². The first-order valence-corrected chi connectivity index (χ1v) is 12.3. The number of benzene rings is 2. The summed E-state index contributed by atoms with van der Waals surface area (Å²) in [7, 11) is -1.68. The van der Waals surface area contributed by atoms with Crippen molar-refractivity contribution in [3.63, 3.8) is 0 Å². The van der Waals surface area contributed by atoms with Crippen LogP contribution in [0.2, 0.25) is 0 Å². The van der Waals surface area contributed by atoms with Gasteiger partial charge >= 0.3 is 6.09 Å². The molecule has 0 saturated carbocycles. The summed E-state index contributed by atoms with van der Waals surface area (Å²) in [5.41, 5.74) is 3.86. The molecule has 0 radical (unpaired) electrons. The van der Waals surface area contributed by atoms with Gasteiger partial charge in [-0.2, -0.15) is 4.31 Å². The minimum Gasteiger partial charge on any atom is -0.490 e. The summed E-state index contributed by atoms with van der Waals surface area (Å²) in [6.07, 6.45) is 0.732. The summed E-state index contributed by atoms with van der Waals surface area (Å²) >= 11 is 0. The molecule has 9 heteroatoms. The molecule has 3 aliphatic rings. The maximum Gasteiger partial charge on any atom is 0.414 e. The third kappa shape index (κ3) is 3.59. The Bertz CT molecular complexity index is 1160. The summed E-state index contributed by atoms with van der Waals surface area (Å²) in [6, 6.07) is 10.9. The van der Waals surface area contributed by atoms with Crippen LogP contribution >= 0.6 is 0 Å². The van der Waals surface area contributed by atoms with Crippen molar-refractivity contribution in [3.8, 4) is 5.75 Å². The highest BCUT2D eigenvalue weighted by molar-refractivity contribution is 7.89. The number of carbonyl (C=O) groups is 1. The van der Waals surface area contributed by atoms with E-state index in [2.05, 4.69) is 4.90 Å². The molecule has 0 unspecified atom stereocenters. The van der Waals surface area contributed by atoms with Gasteiger partial charge in [0.25, 0.3) is 0 Å². The number of likely N-dealkylation sites (N-methyl/N-ethyl adjacent to an activating group) is 1. The molecule has 3 aliphatic heterocycles. The van der Waals surface area contributed by atoms with Gasteiger partial charge in [0, 0.05) is 37.8 Å². The van der Waals surface area contributed by atoms with Gasteiger partial charge in [-0.3, -0.25) is 4.90 Å². The van der Waals surface area contributed by atoms with E-state index in [0.717, 1.165) is 29.0 Å². The first-order chi connectivity index (χ1) is 15.3.